The average molecular weight is 357 g/mol. The molecule has 0 aromatic heterocycles. The molecule has 0 aliphatic carbocycles. The Balaban J connectivity index is 2.15. The van der Waals surface area contributed by atoms with E-state index in [9.17, 15) is 9.59 Å². The highest BCUT2D eigenvalue weighted by atomic mass is 79.9. The van der Waals surface area contributed by atoms with Crippen molar-refractivity contribution in [3.63, 3.8) is 0 Å². The number of nitrogens with one attached hydrogen (secondary N) is 1. The van der Waals surface area contributed by atoms with Gasteiger partial charge in [0.05, 0.1) is 13.2 Å². The van der Waals surface area contributed by atoms with Crippen LogP contribution in [0.2, 0.25) is 0 Å². The second-order valence-corrected chi connectivity index (χ2v) is 5.77. The van der Waals surface area contributed by atoms with Gasteiger partial charge in [0, 0.05) is 16.7 Å². The molecule has 0 bridgehead atoms. The van der Waals surface area contributed by atoms with E-state index in [1.807, 2.05) is 26.0 Å². The van der Waals surface area contributed by atoms with E-state index < -0.39 is 18.0 Å². The van der Waals surface area contributed by atoms with Gasteiger partial charge in [0.15, 0.2) is 6.04 Å². The number of carboxylic acids is 1. The number of carboxylic acid groups (broad SMARTS) is 1. The molecule has 2 N–H and O–H groups in total. The zero-order valence-electron chi connectivity index (χ0n) is 11.9. The number of halogens is 1. The van der Waals surface area contributed by atoms with Gasteiger partial charge in [0.2, 0.25) is 0 Å². The SMILES string of the molecule is Cc1cc(NC(=O)N2CCOCC2C(=O)O)cc(C)c1Br. The molecule has 7 heteroatoms. The fraction of sp³-hybridized carbons (Fsp3) is 0.429. The zero-order valence-corrected chi connectivity index (χ0v) is 13.4. The fourth-order valence-corrected chi connectivity index (χ4v) is 2.49. The first-order chi connectivity index (χ1) is 9.90. The second kappa shape index (κ2) is 6.44. The quantitative estimate of drug-likeness (QED) is 0.852. The fourth-order valence-electron chi connectivity index (χ4n) is 2.26. The van der Waals surface area contributed by atoms with Crippen molar-refractivity contribution in [3.8, 4) is 0 Å². The Labute approximate surface area is 131 Å². The van der Waals surface area contributed by atoms with E-state index in [0.717, 1.165) is 15.6 Å². The maximum Gasteiger partial charge on any atom is 0.328 e. The van der Waals surface area contributed by atoms with Gasteiger partial charge in [-0.1, -0.05) is 15.9 Å². The summed E-state index contributed by atoms with van der Waals surface area (Å²) in [6.07, 6.45) is 0. The van der Waals surface area contributed by atoms with Gasteiger partial charge in [-0.2, -0.15) is 0 Å². The number of rotatable bonds is 2. The lowest BCUT2D eigenvalue weighted by molar-refractivity contribution is -0.147. The lowest BCUT2D eigenvalue weighted by atomic mass is 10.1. The van der Waals surface area contributed by atoms with Crippen LogP contribution in [0.5, 0.6) is 0 Å². The van der Waals surface area contributed by atoms with Crippen molar-refractivity contribution in [3.05, 3.63) is 27.7 Å². The van der Waals surface area contributed by atoms with E-state index in [1.165, 1.54) is 4.90 Å². The van der Waals surface area contributed by atoms with Crippen LogP contribution in [-0.4, -0.2) is 47.8 Å². The monoisotopic (exact) mass is 356 g/mol. The number of hydrogen-bond acceptors (Lipinski definition) is 3. The first-order valence-corrected chi connectivity index (χ1v) is 7.34. The standard InChI is InChI=1S/C14H17BrN2O4/c1-8-5-10(6-9(2)12(8)15)16-14(20)17-3-4-21-7-11(17)13(18)19/h5-6,11H,3-4,7H2,1-2H3,(H,16,20)(H,18,19). The van der Waals surface area contributed by atoms with Crippen LogP contribution in [0.4, 0.5) is 10.5 Å². The third-order valence-electron chi connectivity index (χ3n) is 3.36. The first-order valence-electron chi connectivity index (χ1n) is 6.55. The van der Waals surface area contributed by atoms with Crippen LogP contribution in [0.3, 0.4) is 0 Å². The molecule has 1 saturated heterocycles. The van der Waals surface area contributed by atoms with Crippen LogP contribution in [0.1, 0.15) is 11.1 Å². The van der Waals surface area contributed by atoms with E-state index in [1.54, 1.807) is 0 Å². The Morgan fingerprint density at radius 1 is 1.38 bits per heavy atom. The molecule has 1 aliphatic heterocycles. The molecule has 2 rings (SSSR count). The molecule has 2 amide bonds. The number of urea groups is 1. The number of nitrogens with zero attached hydrogens (tertiary/aromatic N) is 1. The normalized spacial score (nSPS) is 18.4. The van der Waals surface area contributed by atoms with Crippen LogP contribution in [0.15, 0.2) is 16.6 Å². The van der Waals surface area contributed by atoms with Gasteiger partial charge in [0.1, 0.15) is 0 Å². The van der Waals surface area contributed by atoms with Gasteiger partial charge in [-0.15, -0.1) is 0 Å². The minimum absolute atomic E-state index is 0.0150. The number of carbonyl (C=O) groups excluding carboxylic acids is 1. The number of anilines is 1. The Bertz CT molecular complexity index is 553. The first kappa shape index (κ1) is 15.8. The highest BCUT2D eigenvalue weighted by molar-refractivity contribution is 9.10. The zero-order chi connectivity index (χ0) is 15.6. The van der Waals surface area contributed by atoms with Crippen molar-refractivity contribution < 1.29 is 19.4 Å². The summed E-state index contributed by atoms with van der Waals surface area (Å²) < 4.78 is 6.11. The number of aryl methyl sites for hydroxylation is 2. The van der Waals surface area contributed by atoms with Gasteiger partial charge >= 0.3 is 12.0 Å². The smallest absolute Gasteiger partial charge is 0.328 e. The van der Waals surface area contributed by atoms with Crippen LogP contribution >= 0.6 is 15.9 Å². The highest BCUT2D eigenvalue weighted by Crippen LogP contribution is 2.25. The number of benzene rings is 1. The largest absolute Gasteiger partial charge is 0.480 e. The number of carbonyl (C=O) groups is 2. The molecule has 1 atom stereocenters. The minimum atomic E-state index is -1.06. The van der Waals surface area contributed by atoms with Crippen molar-refractivity contribution in [2.24, 2.45) is 0 Å². The van der Waals surface area contributed by atoms with E-state index in [0.29, 0.717) is 12.3 Å². The van der Waals surface area contributed by atoms with Gasteiger partial charge in [-0.05, 0) is 37.1 Å². The van der Waals surface area contributed by atoms with Crippen molar-refractivity contribution in [1.82, 2.24) is 4.90 Å². The topological polar surface area (TPSA) is 78.9 Å². The molecule has 0 radical (unpaired) electrons. The molecule has 1 heterocycles. The minimum Gasteiger partial charge on any atom is -0.480 e. The third-order valence-corrected chi connectivity index (χ3v) is 4.61. The molecule has 1 aromatic carbocycles. The van der Waals surface area contributed by atoms with E-state index in [4.69, 9.17) is 9.84 Å². The average Bonchev–Trinajstić information content (AvgIpc) is 2.44. The van der Waals surface area contributed by atoms with Crippen molar-refractivity contribution in [2.75, 3.05) is 25.1 Å². The number of amides is 2. The van der Waals surface area contributed by atoms with Crippen LogP contribution in [0, 0.1) is 13.8 Å². The predicted octanol–water partition coefficient (Wildman–Crippen LogP) is 2.38. The Morgan fingerprint density at radius 2 is 2.00 bits per heavy atom. The predicted molar refractivity (Wildman–Crippen MR) is 81.6 cm³/mol. The number of aliphatic carboxylic acids is 1. The Kier molecular flexibility index (Phi) is 4.84. The van der Waals surface area contributed by atoms with E-state index >= 15 is 0 Å². The van der Waals surface area contributed by atoms with E-state index in [2.05, 4.69) is 21.2 Å². The maximum absolute atomic E-state index is 12.3. The van der Waals surface area contributed by atoms with Gasteiger partial charge in [-0.25, -0.2) is 9.59 Å². The molecule has 1 unspecified atom stereocenters. The lowest BCUT2D eigenvalue weighted by Crippen LogP contribution is -2.53. The van der Waals surface area contributed by atoms with Crippen LogP contribution in [0.25, 0.3) is 0 Å². The molecule has 21 heavy (non-hydrogen) atoms. The molecular weight excluding hydrogens is 340 g/mol. The summed E-state index contributed by atoms with van der Waals surface area (Å²) in [6.45, 7) is 4.48. The van der Waals surface area contributed by atoms with E-state index in [-0.39, 0.29) is 13.2 Å². The summed E-state index contributed by atoms with van der Waals surface area (Å²) in [7, 11) is 0. The summed E-state index contributed by atoms with van der Waals surface area (Å²) in [4.78, 5) is 24.7. The molecule has 1 aromatic rings. The second-order valence-electron chi connectivity index (χ2n) is 4.98. The lowest BCUT2D eigenvalue weighted by Gasteiger charge is -2.32. The summed E-state index contributed by atoms with van der Waals surface area (Å²) in [5.74, 6) is -1.06. The number of hydrogen-bond donors (Lipinski definition) is 2. The van der Waals surface area contributed by atoms with Gasteiger partial charge < -0.3 is 20.1 Å². The van der Waals surface area contributed by atoms with Crippen molar-refractivity contribution in [1.29, 1.82) is 0 Å². The summed E-state index contributed by atoms with van der Waals surface area (Å²) in [6, 6.07) is 2.30. The van der Waals surface area contributed by atoms with Crippen LogP contribution < -0.4 is 5.32 Å². The molecule has 0 spiro atoms. The summed E-state index contributed by atoms with van der Waals surface area (Å²) in [5.41, 5.74) is 2.65. The molecular formula is C14H17BrN2O4. The molecule has 1 aliphatic rings. The third kappa shape index (κ3) is 3.54. The molecule has 6 nitrogen and oxygen atoms in total. The number of ether oxygens (including phenoxy) is 1. The van der Waals surface area contributed by atoms with Gasteiger partial charge in [-0.3, -0.25) is 0 Å². The molecule has 0 saturated carbocycles. The van der Waals surface area contributed by atoms with Crippen LogP contribution in [-0.2, 0) is 9.53 Å². The number of morpholine rings is 1. The Morgan fingerprint density at radius 3 is 2.57 bits per heavy atom. The maximum atomic E-state index is 12.3. The molecule has 114 valence electrons. The summed E-state index contributed by atoms with van der Waals surface area (Å²) >= 11 is 3.47. The highest BCUT2D eigenvalue weighted by Gasteiger charge is 2.32. The van der Waals surface area contributed by atoms with Gasteiger partial charge in [0.25, 0.3) is 0 Å². The van der Waals surface area contributed by atoms with Crippen molar-refractivity contribution >= 4 is 33.6 Å². The van der Waals surface area contributed by atoms with Crippen molar-refractivity contribution in [2.45, 2.75) is 19.9 Å². The molecule has 1 fully saturated rings. The Hall–Kier alpha value is -1.60. The summed E-state index contributed by atoms with van der Waals surface area (Å²) in [5, 5.41) is 11.9.